The minimum absolute atomic E-state index is 0.0352. The third kappa shape index (κ3) is 6.40. The molecule has 2 aromatic heterocycles. The van der Waals surface area contributed by atoms with E-state index in [1.54, 1.807) is 35.7 Å². The van der Waals surface area contributed by atoms with E-state index in [1.165, 1.54) is 17.2 Å². The molecule has 2 saturated heterocycles. The number of carbonyl (C=O) groups is 2. The van der Waals surface area contributed by atoms with Gasteiger partial charge in [-0.25, -0.2) is 9.18 Å². The molecule has 6 rings (SSSR count). The van der Waals surface area contributed by atoms with E-state index in [4.69, 9.17) is 4.74 Å². The summed E-state index contributed by atoms with van der Waals surface area (Å²) in [6, 6.07) is 18.3. The minimum Gasteiger partial charge on any atom is -0.452 e. The largest absolute Gasteiger partial charge is 0.452 e. The van der Waals surface area contributed by atoms with E-state index in [-0.39, 0.29) is 11.7 Å². The van der Waals surface area contributed by atoms with Gasteiger partial charge < -0.3 is 14.5 Å². The molecule has 1 atom stereocenters. The number of amides is 1. The summed E-state index contributed by atoms with van der Waals surface area (Å²) < 4.78 is 19.5. The summed E-state index contributed by atoms with van der Waals surface area (Å²) in [4.78, 5) is 30.0. The summed E-state index contributed by atoms with van der Waals surface area (Å²) in [5.74, 6) is 0.714. The molecule has 0 bridgehead atoms. The van der Waals surface area contributed by atoms with Crippen molar-refractivity contribution in [3.8, 4) is 0 Å². The first-order valence-electron chi connectivity index (χ1n) is 13.5. The zero-order chi connectivity index (χ0) is 27.2. The Balaban J connectivity index is 0.000000555. The number of nitrogens with zero attached hydrogens (tertiary/aromatic N) is 3. The molecule has 8 heteroatoms. The van der Waals surface area contributed by atoms with Crippen molar-refractivity contribution in [3.63, 3.8) is 0 Å². The summed E-state index contributed by atoms with van der Waals surface area (Å²) in [5.41, 5.74) is 2.36. The Hall–Kier alpha value is -3.49. The van der Waals surface area contributed by atoms with Gasteiger partial charge in [0.25, 0.3) is 5.91 Å². The number of hydrogen-bond donors (Lipinski definition) is 0. The molecule has 2 aliphatic heterocycles. The number of para-hydroxylation sites is 1. The Bertz CT molecular complexity index is 1360. The molecule has 0 spiro atoms. The van der Waals surface area contributed by atoms with E-state index >= 15 is 0 Å². The van der Waals surface area contributed by atoms with Crippen molar-refractivity contribution >= 4 is 34.2 Å². The molecule has 1 amide bonds. The standard InChI is InChI=1S/C27H30FN3O3.C4H4S/c1-34-27(33)31-16-12-22-3-2-4-24(25(22)31)26(32)30-15-9-19(18-30)17-29-13-10-21(11-14-29)20-5-7-23(28)8-6-20;1-2-4-5-3-1/h2-8,12,16,19,21H,9-11,13-15,17-18H2,1H3;1-4H/t19-;/m1./s1. The van der Waals surface area contributed by atoms with Crippen molar-refractivity contribution in [2.75, 3.05) is 39.8 Å². The number of benzene rings is 2. The average Bonchev–Trinajstić information content (AvgIpc) is 3.76. The fourth-order valence-corrected chi connectivity index (χ4v) is 6.18. The molecule has 204 valence electrons. The highest BCUT2D eigenvalue weighted by Gasteiger charge is 2.31. The van der Waals surface area contributed by atoms with Crippen LogP contribution in [-0.4, -0.2) is 66.2 Å². The summed E-state index contributed by atoms with van der Waals surface area (Å²) in [6.07, 6.45) is 4.28. The Kier molecular flexibility index (Phi) is 8.74. The number of piperidine rings is 1. The quantitative estimate of drug-likeness (QED) is 0.293. The van der Waals surface area contributed by atoms with Crippen molar-refractivity contribution in [3.05, 3.63) is 94.6 Å². The lowest BCUT2D eigenvalue weighted by molar-refractivity contribution is 0.0783. The number of fused-ring (bicyclic) bond motifs is 1. The van der Waals surface area contributed by atoms with Crippen LogP contribution >= 0.6 is 11.3 Å². The Morgan fingerprint density at radius 3 is 2.36 bits per heavy atom. The second-order valence-corrected chi connectivity index (χ2v) is 11.0. The van der Waals surface area contributed by atoms with Crippen molar-refractivity contribution in [1.82, 2.24) is 14.4 Å². The zero-order valence-electron chi connectivity index (χ0n) is 22.2. The van der Waals surface area contributed by atoms with Crippen LogP contribution in [-0.2, 0) is 4.74 Å². The van der Waals surface area contributed by atoms with Crippen LogP contribution in [0.25, 0.3) is 10.9 Å². The lowest BCUT2D eigenvalue weighted by atomic mass is 9.89. The monoisotopic (exact) mass is 547 g/mol. The van der Waals surface area contributed by atoms with Gasteiger partial charge in [-0.1, -0.05) is 36.4 Å². The number of methoxy groups -OCH3 is 1. The van der Waals surface area contributed by atoms with E-state index in [2.05, 4.69) is 4.90 Å². The molecule has 0 unspecified atom stereocenters. The molecule has 0 radical (unpaired) electrons. The fraction of sp³-hybridized carbons (Fsp3) is 0.355. The van der Waals surface area contributed by atoms with Gasteiger partial charge in [0.1, 0.15) is 5.82 Å². The van der Waals surface area contributed by atoms with Crippen molar-refractivity contribution in [1.29, 1.82) is 0 Å². The number of carbonyl (C=O) groups excluding carboxylic acids is 2. The fourth-order valence-electron chi connectivity index (χ4n) is 5.73. The summed E-state index contributed by atoms with van der Waals surface area (Å²) in [7, 11) is 1.34. The van der Waals surface area contributed by atoms with Crippen LogP contribution in [0.4, 0.5) is 9.18 Å². The number of likely N-dealkylation sites (tertiary alicyclic amines) is 2. The van der Waals surface area contributed by atoms with Crippen molar-refractivity contribution in [2.45, 2.75) is 25.2 Å². The molecule has 2 aromatic carbocycles. The zero-order valence-corrected chi connectivity index (χ0v) is 23.0. The van der Waals surface area contributed by atoms with Gasteiger partial charge in [0.05, 0.1) is 18.2 Å². The van der Waals surface area contributed by atoms with Gasteiger partial charge in [0.15, 0.2) is 0 Å². The van der Waals surface area contributed by atoms with E-state index in [0.717, 1.165) is 57.4 Å². The molecule has 4 heterocycles. The molecule has 0 aliphatic carbocycles. The number of ether oxygens (including phenoxy) is 1. The van der Waals surface area contributed by atoms with E-state index in [0.29, 0.717) is 22.9 Å². The second kappa shape index (κ2) is 12.6. The second-order valence-electron chi connectivity index (χ2n) is 10.2. The van der Waals surface area contributed by atoms with E-state index in [1.807, 2.05) is 58.1 Å². The van der Waals surface area contributed by atoms with Crippen LogP contribution < -0.4 is 0 Å². The highest BCUT2D eigenvalue weighted by molar-refractivity contribution is 7.07. The number of halogens is 1. The number of aromatic nitrogens is 1. The first kappa shape index (κ1) is 27.1. The Labute approximate surface area is 232 Å². The lowest BCUT2D eigenvalue weighted by Gasteiger charge is -2.33. The van der Waals surface area contributed by atoms with Gasteiger partial charge >= 0.3 is 6.09 Å². The molecule has 0 saturated carbocycles. The van der Waals surface area contributed by atoms with Crippen LogP contribution in [0.3, 0.4) is 0 Å². The minimum atomic E-state index is -0.501. The van der Waals surface area contributed by atoms with Gasteiger partial charge in [-0.3, -0.25) is 9.36 Å². The maximum absolute atomic E-state index is 13.4. The molecule has 2 fully saturated rings. The number of hydrogen-bond acceptors (Lipinski definition) is 5. The van der Waals surface area contributed by atoms with E-state index in [9.17, 15) is 14.0 Å². The highest BCUT2D eigenvalue weighted by atomic mass is 32.1. The predicted molar refractivity (Wildman–Crippen MR) is 153 cm³/mol. The topological polar surface area (TPSA) is 54.8 Å². The Morgan fingerprint density at radius 1 is 0.949 bits per heavy atom. The first-order chi connectivity index (χ1) is 19.0. The van der Waals surface area contributed by atoms with Crippen LogP contribution in [0.2, 0.25) is 0 Å². The summed E-state index contributed by atoms with van der Waals surface area (Å²) >= 11 is 1.71. The van der Waals surface area contributed by atoms with Gasteiger partial charge in [-0.05, 0) is 84.8 Å². The van der Waals surface area contributed by atoms with Crippen LogP contribution in [0.15, 0.2) is 77.6 Å². The van der Waals surface area contributed by atoms with Crippen LogP contribution in [0.5, 0.6) is 0 Å². The number of thiophene rings is 1. The van der Waals surface area contributed by atoms with Gasteiger partial charge in [-0.15, -0.1) is 0 Å². The predicted octanol–water partition coefficient (Wildman–Crippen LogP) is 6.48. The Morgan fingerprint density at radius 2 is 1.69 bits per heavy atom. The number of rotatable bonds is 4. The van der Waals surface area contributed by atoms with Crippen molar-refractivity contribution in [2.24, 2.45) is 5.92 Å². The smallest absolute Gasteiger partial charge is 0.418 e. The average molecular weight is 548 g/mol. The molecule has 0 N–H and O–H groups in total. The summed E-state index contributed by atoms with van der Waals surface area (Å²) in [6.45, 7) is 4.50. The molecule has 39 heavy (non-hydrogen) atoms. The van der Waals surface area contributed by atoms with Gasteiger partial charge in [-0.2, -0.15) is 11.3 Å². The first-order valence-corrected chi connectivity index (χ1v) is 14.4. The van der Waals surface area contributed by atoms with Gasteiger partial charge in [0.2, 0.25) is 0 Å². The van der Waals surface area contributed by atoms with Crippen LogP contribution in [0.1, 0.15) is 41.1 Å². The van der Waals surface area contributed by atoms with Gasteiger partial charge in [0, 0.05) is 31.2 Å². The molecular formula is C31H34FN3O3S. The third-order valence-electron chi connectivity index (χ3n) is 7.76. The van der Waals surface area contributed by atoms with Crippen molar-refractivity contribution < 1.29 is 18.7 Å². The molecular weight excluding hydrogens is 513 g/mol. The summed E-state index contributed by atoms with van der Waals surface area (Å²) in [5, 5.41) is 4.93. The van der Waals surface area contributed by atoms with E-state index < -0.39 is 6.09 Å². The maximum atomic E-state index is 13.4. The lowest BCUT2D eigenvalue weighted by Crippen LogP contribution is -2.38. The molecule has 2 aliphatic rings. The highest BCUT2D eigenvalue weighted by Crippen LogP contribution is 2.30. The maximum Gasteiger partial charge on any atom is 0.418 e. The molecule has 6 nitrogen and oxygen atoms in total. The molecule has 4 aromatic rings. The van der Waals surface area contributed by atoms with Crippen LogP contribution in [0, 0.1) is 11.7 Å². The third-order valence-corrected chi connectivity index (χ3v) is 8.39. The SMILES string of the molecule is COC(=O)n1ccc2cccc(C(=O)N3CC[C@H](CN4CCC(c5ccc(F)cc5)CC4)C3)c21.c1ccsc1. The normalized spacial score (nSPS) is 18.1.